The van der Waals surface area contributed by atoms with Crippen molar-refractivity contribution < 1.29 is 14.3 Å². The van der Waals surface area contributed by atoms with Gasteiger partial charge in [-0.15, -0.1) is 15.3 Å². The van der Waals surface area contributed by atoms with Gasteiger partial charge in [-0.05, 0) is 36.0 Å². The van der Waals surface area contributed by atoms with Crippen molar-refractivity contribution in [3.63, 3.8) is 0 Å². The van der Waals surface area contributed by atoms with Crippen LogP contribution < -0.4 is 20.3 Å². The number of piperidine rings is 1. The molecule has 1 aliphatic carbocycles. The number of hydrogen-bond donors (Lipinski definition) is 2. The van der Waals surface area contributed by atoms with E-state index in [2.05, 4.69) is 42.9 Å². The number of anilines is 3. The zero-order valence-electron chi connectivity index (χ0n) is 18.4. The molecule has 32 heavy (non-hydrogen) atoms. The normalized spacial score (nSPS) is 17.8. The molecule has 2 amide bonds. The molecule has 1 saturated carbocycles. The molecule has 0 bridgehead atoms. The standard InChI is InChI=1S/C20H29N7O3S2/c1-3-12(2)10-15(28)21-18-24-26-20(32-18)30-14-6-8-27(9-7-14)19-25-23-17(31-19)22-16(29)11-13-4-5-13/h12-14H,3-11H2,1-2H3,(H,21,24,28)(H,22,23,29). The summed E-state index contributed by atoms with van der Waals surface area (Å²) in [6.45, 7) is 5.69. The number of carbonyl (C=O) groups excluding carboxylic acids is 2. The molecule has 2 N–H and O–H groups in total. The molecule has 1 aliphatic heterocycles. The second kappa shape index (κ2) is 10.5. The van der Waals surface area contributed by atoms with E-state index in [1.807, 2.05) is 6.92 Å². The highest BCUT2D eigenvalue weighted by molar-refractivity contribution is 7.19. The van der Waals surface area contributed by atoms with Crippen molar-refractivity contribution >= 4 is 49.9 Å². The third kappa shape index (κ3) is 6.58. The van der Waals surface area contributed by atoms with Crippen LogP contribution in [0.1, 0.15) is 58.8 Å². The zero-order chi connectivity index (χ0) is 22.5. The van der Waals surface area contributed by atoms with Crippen molar-refractivity contribution in [1.82, 2.24) is 20.4 Å². The molecule has 4 rings (SSSR count). The Morgan fingerprint density at radius 2 is 1.72 bits per heavy atom. The van der Waals surface area contributed by atoms with Crippen molar-refractivity contribution in [2.24, 2.45) is 11.8 Å². The van der Waals surface area contributed by atoms with E-state index in [1.54, 1.807) is 0 Å². The van der Waals surface area contributed by atoms with Gasteiger partial charge in [-0.2, -0.15) is 0 Å². The van der Waals surface area contributed by atoms with Gasteiger partial charge in [0.25, 0.3) is 5.19 Å². The van der Waals surface area contributed by atoms with Crippen molar-refractivity contribution in [2.75, 3.05) is 28.6 Å². The van der Waals surface area contributed by atoms with Crippen LogP contribution in [0.5, 0.6) is 5.19 Å². The lowest BCUT2D eigenvalue weighted by atomic mass is 10.1. The number of aromatic nitrogens is 4. The van der Waals surface area contributed by atoms with E-state index in [9.17, 15) is 9.59 Å². The molecule has 174 valence electrons. The maximum Gasteiger partial charge on any atom is 0.296 e. The molecular formula is C20H29N7O3S2. The molecule has 2 fully saturated rings. The Labute approximate surface area is 195 Å². The molecule has 2 aliphatic rings. The van der Waals surface area contributed by atoms with E-state index in [0.29, 0.717) is 40.1 Å². The number of nitrogens with one attached hydrogen (secondary N) is 2. The van der Waals surface area contributed by atoms with E-state index >= 15 is 0 Å². The quantitative estimate of drug-likeness (QED) is 0.530. The van der Waals surface area contributed by atoms with Crippen LogP contribution in [0.3, 0.4) is 0 Å². The Morgan fingerprint density at radius 3 is 2.44 bits per heavy atom. The summed E-state index contributed by atoms with van der Waals surface area (Å²) in [5, 5.41) is 24.4. The molecule has 1 atom stereocenters. The number of hydrogen-bond acceptors (Lipinski definition) is 10. The van der Waals surface area contributed by atoms with Gasteiger partial charge in [0.2, 0.25) is 27.2 Å². The molecule has 12 heteroatoms. The van der Waals surface area contributed by atoms with Crippen molar-refractivity contribution in [1.29, 1.82) is 0 Å². The summed E-state index contributed by atoms with van der Waals surface area (Å²) in [6.07, 6.45) is 5.98. The van der Waals surface area contributed by atoms with Crippen LogP contribution in [-0.2, 0) is 9.59 Å². The largest absolute Gasteiger partial charge is 0.465 e. The average molecular weight is 480 g/mol. The summed E-state index contributed by atoms with van der Waals surface area (Å²) >= 11 is 2.66. The fraction of sp³-hybridized carbons (Fsp3) is 0.700. The first kappa shape index (κ1) is 22.8. The van der Waals surface area contributed by atoms with Crippen LogP contribution >= 0.6 is 22.7 Å². The molecule has 2 aromatic rings. The van der Waals surface area contributed by atoms with Crippen LogP contribution in [0.25, 0.3) is 0 Å². The van der Waals surface area contributed by atoms with Crippen LogP contribution in [0.15, 0.2) is 0 Å². The van der Waals surface area contributed by atoms with Gasteiger partial charge in [0.15, 0.2) is 0 Å². The summed E-state index contributed by atoms with van der Waals surface area (Å²) < 4.78 is 5.98. The van der Waals surface area contributed by atoms with Crippen LogP contribution in [0, 0.1) is 11.8 Å². The smallest absolute Gasteiger partial charge is 0.296 e. The minimum Gasteiger partial charge on any atom is -0.465 e. The Hall–Kier alpha value is -2.34. The average Bonchev–Trinajstić information content (AvgIpc) is 3.27. The second-order valence-corrected chi connectivity index (χ2v) is 10.4. The Kier molecular flexibility index (Phi) is 7.51. The molecule has 2 aromatic heterocycles. The summed E-state index contributed by atoms with van der Waals surface area (Å²) in [7, 11) is 0. The number of ether oxygens (including phenoxy) is 1. The number of rotatable bonds is 10. The molecule has 10 nitrogen and oxygen atoms in total. The monoisotopic (exact) mass is 479 g/mol. The SMILES string of the molecule is CCC(C)CC(=O)Nc1nnc(OC2CCN(c3nnc(NC(=O)CC4CC4)s3)CC2)s1. The van der Waals surface area contributed by atoms with Crippen LogP contribution in [0.2, 0.25) is 0 Å². The zero-order valence-corrected chi connectivity index (χ0v) is 20.0. The molecule has 1 saturated heterocycles. The molecule has 0 spiro atoms. The Balaban J connectivity index is 1.20. The molecule has 0 radical (unpaired) electrons. The van der Waals surface area contributed by atoms with Gasteiger partial charge in [-0.3, -0.25) is 9.59 Å². The number of carbonyl (C=O) groups is 2. The fourth-order valence-corrected chi connectivity index (χ4v) is 4.89. The summed E-state index contributed by atoms with van der Waals surface area (Å²) in [5.41, 5.74) is 0. The lowest BCUT2D eigenvalue weighted by Gasteiger charge is -2.30. The maximum absolute atomic E-state index is 12.0. The highest BCUT2D eigenvalue weighted by Crippen LogP contribution is 2.33. The van der Waals surface area contributed by atoms with Crippen molar-refractivity contribution in [3.8, 4) is 5.19 Å². The van der Waals surface area contributed by atoms with Gasteiger partial charge in [-0.25, -0.2) is 0 Å². The van der Waals surface area contributed by atoms with E-state index in [1.165, 1.54) is 22.7 Å². The molecule has 3 heterocycles. The van der Waals surface area contributed by atoms with Gasteiger partial charge in [0.1, 0.15) is 6.10 Å². The van der Waals surface area contributed by atoms with Crippen molar-refractivity contribution in [2.45, 2.75) is 64.9 Å². The summed E-state index contributed by atoms with van der Waals surface area (Å²) in [5.74, 6) is 0.865. The van der Waals surface area contributed by atoms with E-state index in [0.717, 1.165) is 50.3 Å². The van der Waals surface area contributed by atoms with Crippen LogP contribution in [-0.4, -0.2) is 51.4 Å². The highest BCUT2D eigenvalue weighted by Gasteiger charge is 2.26. The molecule has 0 aromatic carbocycles. The third-order valence-electron chi connectivity index (χ3n) is 5.70. The first-order valence-corrected chi connectivity index (χ1v) is 12.8. The minimum atomic E-state index is -0.0458. The lowest BCUT2D eigenvalue weighted by molar-refractivity contribution is -0.117. The molecule has 1 unspecified atom stereocenters. The third-order valence-corrected chi connectivity index (χ3v) is 7.32. The fourth-order valence-electron chi connectivity index (χ4n) is 3.39. The van der Waals surface area contributed by atoms with Gasteiger partial charge < -0.3 is 20.3 Å². The lowest BCUT2D eigenvalue weighted by Crippen LogP contribution is -2.38. The second-order valence-electron chi connectivity index (χ2n) is 8.53. The summed E-state index contributed by atoms with van der Waals surface area (Å²) in [6, 6.07) is 0. The van der Waals surface area contributed by atoms with E-state index in [-0.39, 0.29) is 17.9 Å². The van der Waals surface area contributed by atoms with Gasteiger partial charge >= 0.3 is 0 Å². The highest BCUT2D eigenvalue weighted by atomic mass is 32.1. The number of nitrogens with zero attached hydrogens (tertiary/aromatic N) is 5. The van der Waals surface area contributed by atoms with Gasteiger partial charge in [0.05, 0.1) is 0 Å². The predicted octanol–water partition coefficient (Wildman–Crippen LogP) is 3.55. The first-order valence-electron chi connectivity index (χ1n) is 11.2. The minimum absolute atomic E-state index is 0.0230. The van der Waals surface area contributed by atoms with Crippen LogP contribution in [0.4, 0.5) is 15.4 Å². The predicted molar refractivity (Wildman–Crippen MR) is 124 cm³/mol. The number of amides is 2. The summed E-state index contributed by atoms with van der Waals surface area (Å²) in [4.78, 5) is 26.1. The first-order chi connectivity index (χ1) is 15.5. The van der Waals surface area contributed by atoms with Gasteiger partial charge in [0, 0.05) is 38.8 Å². The van der Waals surface area contributed by atoms with Gasteiger partial charge in [-0.1, -0.05) is 36.7 Å². The maximum atomic E-state index is 12.0. The van der Waals surface area contributed by atoms with E-state index in [4.69, 9.17) is 4.74 Å². The Bertz CT molecular complexity index is 922. The Morgan fingerprint density at radius 1 is 1.03 bits per heavy atom. The van der Waals surface area contributed by atoms with E-state index < -0.39 is 0 Å². The molecular weight excluding hydrogens is 450 g/mol. The topological polar surface area (TPSA) is 122 Å². The van der Waals surface area contributed by atoms with Crippen molar-refractivity contribution in [3.05, 3.63) is 0 Å².